The molecule has 5 nitrogen and oxygen atoms in total. The number of esters is 1. The summed E-state index contributed by atoms with van der Waals surface area (Å²) in [5.41, 5.74) is 1.76. The first-order chi connectivity index (χ1) is 11.1. The zero-order chi connectivity index (χ0) is 16.7. The molecular formula is C17H19NO4S. The van der Waals surface area contributed by atoms with E-state index in [2.05, 4.69) is 11.9 Å². The summed E-state index contributed by atoms with van der Waals surface area (Å²) in [5.74, 6) is 0.104. The van der Waals surface area contributed by atoms with Crippen LogP contribution in [0.2, 0.25) is 0 Å². The number of Topliss-reactive ketones (excluding diaryl/α,β-unsaturated/α-hetero) is 1. The largest absolute Gasteiger partial charge is 0.485 e. The van der Waals surface area contributed by atoms with Gasteiger partial charge in [-0.05, 0) is 31.0 Å². The normalized spacial score (nSPS) is 10.3. The summed E-state index contributed by atoms with van der Waals surface area (Å²) in [6, 6.07) is 7.64. The molecule has 0 N–H and O–H groups in total. The number of aromatic nitrogens is 1. The predicted octanol–water partition coefficient (Wildman–Crippen LogP) is 3.07. The van der Waals surface area contributed by atoms with Gasteiger partial charge in [-0.1, -0.05) is 19.1 Å². The van der Waals surface area contributed by atoms with Crippen molar-refractivity contribution in [1.29, 1.82) is 0 Å². The third-order valence-corrected chi connectivity index (χ3v) is 4.05. The Morgan fingerprint density at radius 3 is 2.57 bits per heavy atom. The highest BCUT2D eigenvalue weighted by molar-refractivity contribution is 7.11. The van der Waals surface area contributed by atoms with Crippen molar-refractivity contribution in [2.24, 2.45) is 0 Å². The fourth-order valence-electron chi connectivity index (χ4n) is 1.91. The van der Waals surface area contributed by atoms with E-state index in [1.807, 2.05) is 24.3 Å². The molecule has 0 aliphatic heterocycles. The molecule has 0 atom stereocenters. The zero-order valence-electron chi connectivity index (χ0n) is 13.2. The van der Waals surface area contributed by atoms with Crippen LogP contribution >= 0.6 is 11.3 Å². The van der Waals surface area contributed by atoms with E-state index in [1.165, 1.54) is 16.9 Å². The lowest BCUT2D eigenvalue weighted by Gasteiger charge is -2.05. The Kier molecular flexibility index (Phi) is 6.29. The lowest BCUT2D eigenvalue weighted by molar-refractivity contribution is -0.142. The summed E-state index contributed by atoms with van der Waals surface area (Å²) in [5, 5.41) is 2.04. The number of hydrogen-bond donors (Lipinski definition) is 0. The molecule has 0 bridgehead atoms. The van der Waals surface area contributed by atoms with Gasteiger partial charge in [0, 0.05) is 5.38 Å². The zero-order valence-corrected chi connectivity index (χ0v) is 14.0. The van der Waals surface area contributed by atoms with E-state index in [-0.39, 0.29) is 24.8 Å². The highest BCUT2D eigenvalue weighted by Crippen LogP contribution is 2.15. The summed E-state index contributed by atoms with van der Waals surface area (Å²) in [6.45, 7) is 4.09. The van der Waals surface area contributed by atoms with E-state index in [1.54, 1.807) is 12.3 Å². The molecule has 0 saturated carbocycles. The molecule has 6 heteroatoms. The van der Waals surface area contributed by atoms with Crippen LogP contribution in [0.4, 0.5) is 0 Å². The maximum Gasteiger partial charge on any atom is 0.311 e. The van der Waals surface area contributed by atoms with Gasteiger partial charge < -0.3 is 9.47 Å². The fourth-order valence-corrected chi connectivity index (χ4v) is 2.65. The van der Waals surface area contributed by atoms with E-state index in [0.29, 0.717) is 23.1 Å². The summed E-state index contributed by atoms with van der Waals surface area (Å²) < 4.78 is 10.3. The first kappa shape index (κ1) is 17.1. The number of thiazole rings is 1. The van der Waals surface area contributed by atoms with Crippen molar-refractivity contribution in [3.63, 3.8) is 0 Å². The lowest BCUT2D eigenvalue weighted by atomic mass is 10.2. The number of rotatable bonds is 8. The second-order valence-electron chi connectivity index (χ2n) is 4.84. The molecule has 23 heavy (non-hydrogen) atoms. The molecule has 122 valence electrons. The number of hydrogen-bond acceptors (Lipinski definition) is 6. The average molecular weight is 333 g/mol. The van der Waals surface area contributed by atoms with Crippen molar-refractivity contribution in [2.45, 2.75) is 26.7 Å². The van der Waals surface area contributed by atoms with E-state index in [0.717, 1.165) is 6.42 Å². The molecule has 0 aliphatic rings. The number of benzene rings is 1. The van der Waals surface area contributed by atoms with E-state index in [9.17, 15) is 9.59 Å². The minimum Gasteiger partial charge on any atom is -0.485 e. The molecule has 1 aromatic heterocycles. The smallest absolute Gasteiger partial charge is 0.311 e. The quantitative estimate of drug-likeness (QED) is 0.549. The molecular weight excluding hydrogens is 314 g/mol. The van der Waals surface area contributed by atoms with Crippen LogP contribution in [0.5, 0.6) is 5.75 Å². The number of ether oxygens (including phenoxy) is 2. The van der Waals surface area contributed by atoms with Gasteiger partial charge in [0.15, 0.2) is 11.6 Å². The van der Waals surface area contributed by atoms with Gasteiger partial charge in [0.25, 0.3) is 0 Å². The maximum atomic E-state index is 12.1. The highest BCUT2D eigenvalue weighted by atomic mass is 32.1. The van der Waals surface area contributed by atoms with Gasteiger partial charge >= 0.3 is 5.97 Å². The number of ketones is 1. The molecule has 0 unspecified atom stereocenters. The summed E-state index contributed by atoms with van der Waals surface area (Å²) in [7, 11) is 0. The monoisotopic (exact) mass is 333 g/mol. The minimum absolute atomic E-state index is 0.0716. The van der Waals surface area contributed by atoms with Crippen molar-refractivity contribution < 1.29 is 19.1 Å². The molecule has 0 fully saturated rings. The van der Waals surface area contributed by atoms with Crippen molar-refractivity contribution in [3.8, 4) is 5.75 Å². The van der Waals surface area contributed by atoms with Crippen LogP contribution in [0.1, 0.15) is 34.9 Å². The van der Waals surface area contributed by atoms with E-state index in [4.69, 9.17) is 9.47 Å². The second-order valence-corrected chi connectivity index (χ2v) is 5.69. The van der Waals surface area contributed by atoms with Crippen LogP contribution in [0.25, 0.3) is 0 Å². The lowest BCUT2D eigenvalue weighted by Crippen LogP contribution is -2.12. The van der Waals surface area contributed by atoms with Gasteiger partial charge in [0.1, 0.15) is 5.75 Å². The molecule has 0 spiro atoms. The van der Waals surface area contributed by atoms with Crippen molar-refractivity contribution >= 4 is 23.1 Å². The Labute approximate surface area is 139 Å². The Balaban J connectivity index is 1.88. The van der Waals surface area contributed by atoms with Gasteiger partial charge in [-0.25, -0.2) is 4.98 Å². The summed E-state index contributed by atoms with van der Waals surface area (Å²) >= 11 is 1.21. The Morgan fingerprint density at radius 1 is 1.17 bits per heavy atom. The average Bonchev–Trinajstić information content (AvgIpc) is 3.01. The standard InChI is InChI=1S/C17H19NO4S/c1-3-12-5-7-14(8-6-12)22-10-15(19)17-18-13(11-23-17)9-16(20)21-4-2/h5-8,11H,3-4,9-10H2,1-2H3. The van der Waals surface area contributed by atoms with Crippen molar-refractivity contribution in [3.05, 3.63) is 45.9 Å². The molecule has 1 heterocycles. The molecule has 0 radical (unpaired) electrons. The summed E-state index contributed by atoms with van der Waals surface area (Å²) in [6.07, 6.45) is 1.04. The number of carbonyl (C=O) groups is 2. The van der Waals surface area contributed by atoms with E-state index < -0.39 is 0 Å². The van der Waals surface area contributed by atoms with Crippen LogP contribution < -0.4 is 4.74 Å². The van der Waals surface area contributed by atoms with Crippen LogP contribution in [-0.2, 0) is 22.4 Å². The van der Waals surface area contributed by atoms with Crippen molar-refractivity contribution in [2.75, 3.05) is 13.2 Å². The molecule has 0 aliphatic carbocycles. The first-order valence-corrected chi connectivity index (χ1v) is 8.35. The second kappa shape index (κ2) is 8.43. The molecule has 1 aromatic carbocycles. The van der Waals surface area contributed by atoms with Gasteiger partial charge in [-0.2, -0.15) is 0 Å². The topological polar surface area (TPSA) is 65.5 Å². The fraction of sp³-hybridized carbons (Fsp3) is 0.353. The Bertz CT molecular complexity index is 663. The van der Waals surface area contributed by atoms with Gasteiger partial charge in [0.2, 0.25) is 5.78 Å². The third-order valence-electron chi connectivity index (χ3n) is 3.12. The first-order valence-electron chi connectivity index (χ1n) is 7.47. The Hall–Kier alpha value is -2.21. The summed E-state index contributed by atoms with van der Waals surface area (Å²) in [4.78, 5) is 27.6. The SMILES string of the molecule is CCOC(=O)Cc1csc(C(=O)COc2ccc(CC)cc2)n1. The molecule has 2 rings (SSSR count). The van der Waals surface area contributed by atoms with Gasteiger partial charge in [0.05, 0.1) is 18.7 Å². The van der Waals surface area contributed by atoms with Crippen molar-refractivity contribution in [1.82, 2.24) is 4.98 Å². The van der Waals surface area contributed by atoms with Crippen LogP contribution in [0.3, 0.4) is 0 Å². The minimum atomic E-state index is -0.343. The maximum absolute atomic E-state index is 12.1. The Morgan fingerprint density at radius 2 is 1.91 bits per heavy atom. The third kappa shape index (κ3) is 5.17. The number of aryl methyl sites for hydroxylation is 1. The van der Waals surface area contributed by atoms with E-state index >= 15 is 0 Å². The van der Waals surface area contributed by atoms with Gasteiger partial charge in [-0.15, -0.1) is 11.3 Å². The van der Waals surface area contributed by atoms with Crippen LogP contribution in [0, 0.1) is 0 Å². The molecule has 2 aromatic rings. The highest BCUT2D eigenvalue weighted by Gasteiger charge is 2.14. The van der Waals surface area contributed by atoms with Gasteiger partial charge in [-0.3, -0.25) is 9.59 Å². The molecule has 0 saturated heterocycles. The molecule has 0 amide bonds. The van der Waals surface area contributed by atoms with Crippen LogP contribution in [-0.4, -0.2) is 30.0 Å². The predicted molar refractivity (Wildman–Crippen MR) is 88.1 cm³/mol. The van der Waals surface area contributed by atoms with Crippen LogP contribution in [0.15, 0.2) is 29.6 Å². The number of nitrogens with zero attached hydrogens (tertiary/aromatic N) is 1. The number of carbonyl (C=O) groups excluding carboxylic acids is 2.